The van der Waals surface area contributed by atoms with E-state index in [2.05, 4.69) is 42.9 Å². The summed E-state index contributed by atoms with van der Waals surface area (Å²) in [7, 11) is 0. The van der Waals surface area contributed by atoms with Gasteiger partial charge in [0.1, 0.15) is 6.33 Å². The predicted octanol–water partition coefficient (Wildman–Crippen LogP) is 4.47. The zero-order chi connectivity index (χ0) is 21.9. The number of aromatic nitrogens is 4. The smallest absolute Gasteiger partial charge is 0.318 e. The van der Waals surface area contributed by atoms with Gasteiger partial charge in [0.25, 0.3) is 0 Å². The lowest BCUT2D eigenvalue weighted by molar-refractivity contribution is 0.142. The number of benzene rings is 1. The highest BCUT2D eigenvalue weighted by Crippen LogP contribution is 2.44. The number of hydrogen-bond donors (Lipinski definition) is 3. The number of anilines is 2. The summed E-state index contributed by atoms with van der Waals surface area (Å²) in [5.74, 6) is 1.82. The zero-order valence-corrected chi connectivity index (χ0v) is 18.6. The third-order valence-electron chi connectivity index (χ3n) is 6.52. The summed E-state index contributed by atoms with van der Waals surface area (Å²) < 4.78 is 0.983. The van der Waals surface area contributed by atoms with Crippen LogP contribution in [0.25, 0.3) is 10.2 Å². The molecule has 2 aliphatic rings. The Labute approximate surface area is 189 Å². The van der Waals surface area contributed by atoms with Crippen molar-refractivity contribution in [3.63, 3.8) is 0 Å². The Bertz CT molecular complexity index is 1310. The maximum absolute atomic E-state index is 13.2. The van der Waals surface area contributed by atoms with E-state index in [1.54, 1.807) is 17.7 Å². The van der Waals surface area contributed by atoms with E-state index >= 15 is 0 Å². The monoisotopic (exact) mass is 445 g/mol. The summed E-state index contributed by atoms with van der Waals surface area (Å²) in [6.07, 6.45) is 2.53. The molecule has 1 aliphatic carbocycles. The molecule has 1 aromatic carbocycles. The van der Waals surface area contributed by atoms with Crippen molar-refractivity contribution in [1.82, 2.24) is 30.4 Å². The van der Waals surface area contributed by atoms with Gasteiger partial charge in [-0.05, 0) is 37.3 Å². The standard InChI is InChI=1S/C23H23N7OS/c1-23(2)19-15(20(29-28-19)27-21-18-16(8-9-32-18)24-12-25-21)11-30(23)22(31)26-17-10-14(17)13-6-4-3-5-7-13/h3-9,12,14,17H,10-11H2,1-2H3,(H,26,31)(H2,24,25,27,28,29)/t14-,17+/m1/s1. The van der Waals surface area contributed by atoms with Crippen molar-refractivity contribution in [2.75, 3.05) is 5.32 Å². The van der Waals surface area contributed by atoms with Crippen molar-refractivity contribution in [1.29, 1.82) is 0 Å². The second kappa shape index (κ2) is 7.03. The number of nitrogens with one attached hydrogen (secondary N) is 3. The molecule has 2 amide bonds. The first-order chi connectivity index (χ1) is 15.5. The molecule has 8 nitrogen and oxygen atoms in total. The van der Waals surface area contributed by atoms with Crippen molar-refractivity contribution in [3.05, 3.63) is 64.9 Å². The van der Waals surface area contributed by atoms with Crippen LogP contribution in [0.4, 0.5) is 16.4 Å². The first-order valence-corrected chi connectivity index (χ1v) is 11.6. The molecule has 0 radical (unpaired) electrons. The largest absolute Gasteiger partial charge is 0.335 e. The molecule has 3 aromatic heterocycles. The number of hydrogen-bond acceptors (Lipinski definition) is 6. The highest BCUT2D eigenvalue weighted by Gasteiger charge is 2.46. The summed E-state index contributed by atoms with van der Waals surface area (Å²) in [5.41, 5.74) is 3.63. The number of aromatic amines is 1. The molecular formula is C23H23N7OS. The highest BCUT2D eigenvalue weighted by atomic mass is 32.1. The molecule has 2 atom stereocenters. The Balaban J connectivity index is 1.20. The summed E-state index contributed by atoms with van der Waals surface area (Å²) >= 11 is 1.59. The van der Waals surface area contributed by atoms with Gasteiger partial charge in [0.15, 0.2) is 11.6 Å². The quantitative estimate of drug-likeness (QED) is 0.430. The van der Waals surface area contributed by atoms with E-state index in [0.29, 0.717) is 18.3 Å². The number of nitrogens with zero attached hydrogens (tertiary/aromatic N) is 4. The minimum atomic E-state index is -0.493. The third-order valence-corrected chi connectivity index (χ3v) is 7.43. The fourth-order valence-corrected chi connectivity index (χ4v) is 5.38. The van der Waals surface area contributed by atoms with Crippen LogP contribution in [0, 0.1) is 0 Å². The molecule has 162 valence electrons. The maximum atomic E-state index is 13.2. The molecule has 9 heteroatoms. The van der Waals surface area contributed by atoms with Gasteiger partial charge >= 0.3 is 6.03 Å². The predicted molar refractivity (Wildman–Crippen MR) is 124 cm³/mol. The van der Waals surface area contributed by atoms with Gasteiger partial charge in [-0.25, -0.2) is 14.8 Å². The van der Waals surface area contributed by atoms with Crippen LogP contribution in [-0.4, -0.2) is 37.1 Å². The fourth-order valence-electron chi connectivity index (χ4n) is 4.59. The molecule has 0 bridgehead atoms. The second-order valence-corrected chi connectivity index (χ2v) is 9.78. The first kappa shape index (κ1) is 19.2. The minimum Gasteiger partial charge on any atom is -0.335 e. The number of rotatable bonds is 4. The van der Waals surface area contributed by atoms with Crippen molar-refractivity contribution in [2.45, 2.75) is 44.3 Å². The van der Waals surface area contributed by atoms with Crippen molar-refractivity contribution >= 4 is 39.2 Å². The number of thiophene rings is 1. The van der Waals surface area contributed by atoms with Gasteiger partial charge in [-0.1, -0.05) is 30.3 Å². The third kappa shape index (κ3) is 3.03. The van der Waals surface area contributed by atoms with Crippen molar-refractivity contribution < 1.29 is 4.79 Å². The maximum Gasteiger partial charge on any atom is 0.318 e. The average molecular weight is 446 g/mol. The summed E-state index contributed by atoms with van der Waals surface area (Å²) in [4.78, 5) is 23.8. The van der Waals surface area contributed by atoms with Crippen LogP contribution in [0.5, 0.6) is 0 Å². The Kier molecular flexibility index (Phi) is 4.23. The molecule has 3 N–H and O–H groups in total. The average Bonchev–Trinajstić information content (AvgIpc) is 3.11. The molecular weight excluding hydrogens is 422 g/mol. The fraction of sp³-hybridized carbons (Fsp3) is 0.304. The number of amides is 2. The minimum absolute atomic E-state index is 0.0448. The van der Waals surface area contributed by atoms with E-state index in [0.717, 1.165) is 33.7 Å². The summed E-state index contributed by atoms with van der Waals surface area (Å²) in [6, 6.07) is 12.5. The summed E-state index contributed by atoms with van der Waals surface area (Å²) in [6.45, 7) is 4.57. The Morgan fingerprint density at radius 2 is 2.03 bits per heavy atom. The molecule has 0 unspecified atom stereocenters. The lowest BCUT2D eigenvalue weighted by atomic mass is 10.0. The van der Waals surface area contributed by atoms with Crippen LogP contribution in [0.15, 0.2) is 48.1 Å². The lowest BCUT2D eigenvalue weighted by Gasteiger charge is -2.32. The topological polar surface area (TPSA) is 98.8 Å². The van der Waals surface area contributed by atoms with Gasteiger partial charge < -0.3 is 15.5 Å². The number of carbonyl (C=O) groups excluding carboxylic acids is 1. The molecule has 1 aliphatic heterocycles. The van der Waals surface area contributed by atoms with Crippen LogP contribution in [0.2, 0.25) is 0 Å². The molecule has 1 saturated carbocycles. The van der Waals surface area contributed by atoms with Crippen LogP contribution in [-0.2, 0) is 12.1 Å². The second-order valence-electron chi connectivity index (χ2n) is 8.86. The van der Waals surface area contributed by atoms with E-state index in [1.165, 1.54) is 5.56 Å². The molecule has 6 rings (SSSR count). The van der Waals surface area contributed by atoms with Crippen molar-refractivity contribution in [2.24, 2.45) is 0 Å². The SMILES string of the molecule is CC1(C)c2[nH]nc(Nc3ncnc4ccsc34)c2CN1C(=O)N[C@H]1C[C@@H]1c1ccccc1. The van der Waals surface area contributed by atoms with Crippen LogP contribution < -0.4 is 10.6 Å². The van der Waals surface area contributed by atoms with Gasteiger partial charge in [0, 0.05) is 17.5 Å². The molecule has 1 fully saturated rings. The van der Waals surface area contributed by atoms with Crippen molar-refractivity contribution in [3.8, 4) is 0 Å². The van der Waals surface area contributed by atoms with E-state index in [9.17, 15) is 4.79 Å². The van der Waals surface area contributed by atoms with E-state index in [4.69, 9.17) is 0 Å². The molecule has 0 saturated heterocycles. The van der Waals surface area contributed by atoms with E-state index in [1.807, 2.05) is 48.4 Å². The number of H-pyrrole nitrogens is 1. The molecule has 4 aromatic rings. The Morgan fingerprint density at radius 3 is 2.88 bits per heavy atom. The van der Waals surface area contributed by atoms with Gasteiger partial charge in [-0.3, -0.25) is 5.10 Å². The van der Waals surface area contributed by atoms with E-state index < -0.39 is 5.54 Å². The Morgan fingerprint density at radius 1 is 1.19 bits per heavy atom. The van der Waals surface area contributed by atoms with Crippen LogP contribution >= 0.6 is 11.3 Å². The number of fused-ring (bicyclic) bond motifs is 2. The highest BCUT2D eigenvalue weighted by molar-refractivity contribution is 7.17. The lowest BCUT2D eigenvalue weighted by Crippen LogP contribution is -2.47. The van der Waals surface area contributed by atoms with Gasteiger partial charge in [0.05, 0.1) is 28.0 Å². The van der Waals surface area contributed by atoms with Gasteiger partial charge in [-0.15, -0.1) is 11.3 Å². The number of carbonyl (C=O) groups is 1. The van der Waals surface area contributed by atoms with Crippen LogP contribution in [0.3, 0.4) is 0 Å². The molecule has 32 heavy (non-hydrogen) atoms. The van der Waals surface area contributed by atoms with E-state index in [-0.39, 0.29) is 12.1 Å². The van der Waals surface area contributed by atoms with Gasteiger partial charge in [-0.2, -0.15) is 5.10 Å². The normalized spacial score (nSPS) is 20.9. The van der Waals surface area contributed by atoms with Gasteiger partial charge in [0.2, 0.25) is 0 Å². The molecule has 4 heterocycles. The summed E-state index contributed by atoms with van der Waals surface area (Å²) in [5, 5.41) is 16.2. The Hall–Kier alpha value is -3.46. The first-order valence-electron chi connectivity index (χ1n) is 10.7. The number of urea groups is 1. The van der Waals surface area contributed by atoms with Crippen LogP contribution in [0.1, 0.15) is 43.0 Å². The zero-order valence-electron chi connectivity index (χ0n) is 17.8. The molecule has 0 spiro atoms.